The summed E-state index contributed by atoms with van der Waals surface area (Å²) in [6.07, 6.45) is 0.737. The van der Waals surface area contributed by atoms with Gasteiger partial charge in [0.05, 0.1) is 12.0 Å². The molecule has 0 saturated carbocycles. The molecule has 62 valence electrons. The summed E-state index contributed by atoms with van der Waals surface area (Å²) in [6.45, 7) is 0.563. The Labute approximate surface area is 72.6 Å². The SMILES string of the molecule is N#CC(CCN)c1ccccc1. The van der Waals surface area contributed by atoms with Gasteiger partial charge in [-0.2, -0.15) is 5.26 Å². The lowest BCUT2D eigenvalue weighted by Gasteiger charge is -2.06. The second-order valence-corrected chi connectivity index (χ2v) is 2.67. The molecule has 0 aliphatic rings. The third-order valence-electron chi connectivity index (χ3n) is 1.81. The van der Waals surface area contributed by atoms with Crippen LogP contribution in [0.1, 0.15) is 17.9 Å². The molecule has 0 fully saturated rings. The molecule has 0 bridgehead atoms. The van der Waals surface area contributed by atoms with E-state index in [9.17, 15) is 0 Å². The van der Waals surface area contributed by atoms with E-state index in [1.165, 1.54) is 0 Å². The van der Waals surface area contributed by atoms with Crippen molar-refractivity contribution < 1.29 is 0 Å². The van der Waals surface area contributed by atoms with Crippen LogP contribution in [0.15, 0.2) is 30.3 Å². The molecule has 1 rings (SSSR count). The quantitative estimate of drug-likeness (QED) is 0.730. The van der Waals surface area contributed by atoms with E-state index in [0.29, 0.717) is 6.54 Å². The van der Waals surface area contributed by atoms with Gasteiger partial charge in [0, 0.05) is 0 Å². The molecule has 0 aromatic heterocycles. The first-order valence-electron chi connectivity index (χ1n) is 4.03. The zero-order valence-corrected chi connectivity index (χ0v) is 6.90. The Morgan fingerprint density at radius 2 is 2.00 bits per heavy atom. The molecule has 0 saturated heterocycles. The highest BCUT2D eigenvalue weighted by atomic mass is 14.5. The molecule has 0 amide bonds. The van der Waals surface area contributed by atoms with E-state index in [2.05, 4.69) is 6.07 Å². The van der Waals surface area contributed by atoms with Crippen LogP contribution in [0.25, 0.3) is 0 Å². The van der Waals surface area contributed by atoms with Crippen molar-refractivity contribution in [1.82, 2.24) is 0 Å². The van der Waals surface area contributed by atoms with Gasteiger partial charge in [0.15, 0.2) is 0 Å². The van der Waals surface area contributed by atoms with Crippen LogP contribution in [-0.2, 0) is 0 Å². The lowest BCUT2D eigenvalue weighted by Crippen LogP contribution is -2.05. The van der Waals surface area contributed by atoms with E-state index in [-0.39, 0.29) is 5.92 Å². The normalized spacial score (nSPS) is 12.0. The van der Waals surface area contributed by atoms with E-state index in [4.69, 9.17) is 11.0 Å². The number of hydrogen-bond donors (Lipinski definition) is 1. The molecular weight excluding hydrogens is 148 g/mol. The molecule has 0 radical (unpaired) electrons. The van der Waals surface area contributed by atoms with E-state index >= 15 is 0 Å². The van der Waals surface area contributed by atoms with Gasteiger partial charge in [0.1, 0.15) is 0 Å². The van der Waals surface area contributed by atoms with Crippen molar-refractivity contribution in [3.05, 3.63) is 35.9 Å². The maximum atomic E-state index is 8.81. The standard InChI is InChI=1S/C10H12N2/c11-7-6-10(8-12)9-4-2-1-3-5-9/h1-5,10H,6-7,11H2. The van der Waals surface area contributed by atoms with E-state index < -0.39 is 0 Å². The van der Waals surface area contributed by atoms with Crippen LogP contribution in [0.4, 0.5) is 0 Å². The van der Waals surface area contributed by atoms with Crippen LogP contribution in [0.3, 0.4) is 0 Å². The summed E-state index contributed by atoms with van der Waals surface area (Å²) in [6, 6.07) is 12.0. The van der Waals surface area contributed by atoms with Crippen molar-refractivity contribution in [3.63, 3.8) is 0 Å². The minimum atomic E-state index is -0.0452. The van der Waals surface area contributed by atoms with Crippen molar-refractivity contribution >= 4 is 0 Å². The average Bonchev–Trinajstić information content (AvgIpc) is 2.15. The van der Waals surface area contributed by atoms with Crippen LogP contribution in [-0.4, -0.2) is 6.54 Å². The summed E-state index contributed by atoms with van der Waals surface area (Å²) in [5.41, 5.74) is 6.45. The van der Waals surface area contributed by atoms with E-state index in [1.807, 2.05) is 30.3 Å². The Hall–Kier alpha value is -1.33. The Balaban J connectivity index is 2.75. The highest BCUT2D eigenvalue weighted by molar-refractivity contribution is 5.24. The highest BCUT2D eigenvalue weighted by Crippen LogP contribution is 2.16. The fourth-order valence-electron chi connectivity index (χ4n) is 1.16. The third-order valence-corrected chi connectivity index (χ3v) is 1.81. The zero-order valence-electron chi connectivity index (χ0n) is 6.90. The summed E-state index contributed by atoms with van der Waals surface area (Å²) < 4.78 is 0. The first-order chi connectivity index (χ1) is 5.88. The van der Waals surface area contributed by atoms with Crippen molar-refractivity contribution in [3.8, 4) is 6.07 Å². The minimum absolute atomic E-state index is 0.0452. The number of benzene rings is 1. The molecule has 0 aliphatic heterocycles. The van der Waals surface area contributed by atoms with E-state index in [1.54, 1.807) is 0 Å². The third kappa shape index (κ3) is 2.08. The summed E-state index contributed by atoms with van der Waals surface area (Å²) in [4.78, 5) is 0. The van der Waals surface area contributed by atoms with Crippen LogP contribution < -0.4 is 5.73 Å². The second-order valence-electron chi connectivity index (χ2n) is 2.67. The predicted molar refractivity (Wildman–Crippen MR) is 48.5 cm³/mol. The zero-order chi connectivity index (χ0) is 8.81. The van der Waals surface area contributed by atoms with Gasteiger partial charge in [0.2, 0.25) is 0 Å². The van der Waals surface area contributed by atoms with Gasteiger partial charge in [-0.15, -0.1) is 0 Å². The monoisotopic (exact) mass is 160 g/mol. The van der Waals surface area contributed by atoms with Gasteiger partial charge in [-0.3, -0.25) is 0 Å². The lowest BCUT2D eigenvalue weighted by molar-refractivity contribution is 0.758. The summed E-state index contributed by atoms with van der Waals surface area (Å²) in [5, 5.41) is 8.81. The van der Waals surface area contributed by atoms with Gasteiger partial charge < -0.3 is 5.73 Å². The minimum Gasteiger partial charge on any atom is -0.330 e. The largest absolute Gasteiger partial charge is 0.330 e. The number of rotatable bonds is 3. The average molecular weight is 160 g/mol. The molecule has 2 nitrogen and oxygen atoms in total. The fraction of sp³-hybridized carbons (Fsp3) is 0.300. The summed E-state index contributed by atoms with van der Waals surface area (Å²) >= 11 is 0. The van der Waals surface area contributed by atoms with Gasteiger partial charge >= 0.3 is 0 Å². The van der Waals surface area contributed by atoms with Crippen LogP contribution in [0.2, 0.25) is 0 Å². The molecule has 12 heavy (non-hydrogen) atoms. The number of hydrogen-bond acceptors (Lipinski definition) is 2. The Morgan fingerprint density at radius 1 is 1.33 bits per heavy atom. The topological polar surface area (TPSA) is 49.8 Å². The first kappa shape index (κ1) is 8.76. The lowest BCUT2D eigenvalue weighted by atomic mass is 9.98. The maximum absolute atomic E-state index is 8.81. The molecule has 1 unspecified atom stereocenters. The van der Waals surface area contributed by atoms with Crippen molar-refractivity contribution in [2.45, 2.75) is 12.3 Å². The maximum Gasteiger partial charge on any atom is 0.0724 e. The Bertz CT molecular complexity index is 261. The second kappa shape index (κ2) is 4.53. The molecule has 0 spiro atoms. The number of nitrogens with two attached hydrogens (primary N) is 1. The summed E-state index contributed by atoms with van der Waals surface area (Å²) in [5.74, 6) is -0.0452. The fourth-order valence-corrected chi connectivity index (χ4v) is 1.16. The van der Waals surface area contributed by atoms with Crippen molar-refractivity contribution in [1.29, 1.82) is 5.26 Å². The molecule has 1 aromatic carbocycles. The molecule has 2 heteroatoms. The molecule has 2 N–H and O–H groups in total. The van der Waals surface area contributed by atoms with Gasteiger partial charge in [-0.05, 0) is 18.5 Å². The van der Waals surface area contributed by atoms with Crippen molar-refractivity contribution in [2.75, 3.05) is 6.54 Å². The van der Waals surface area contributed by atoms with Crippen LogP contribution in [0.5, 0.6) is 0 Å². The first-order valence-corrected chi connectivity index (χ1v) is 4.03. The van der Waals surface area contributed by atoms with E-state index in [0.717, 1.165) is 12.0 Å². The molecule has 0 aliphatic carbocycles. The Morgan fingerprint density at radius 3 is 2.50 bits per heavy atom. The number of nitrogens with zero attached hydrogens (tertiary/aromatic N) is 1. The predicted octanol–water partition coefficient (Wildman–Crippen LogP) is 1.64. The van der Waals surface area contributed by atoms with Crippen molar-refractivity contribution in [2.24, 2.45) is 5.73 Å². The summed E-state index contributed by atoms with van der Waals surface area (Å²) in [7, 11) is 0. The molecule has 0 heterocycles. The smallest absolute Gasteiger partial charge is 0.0724 e. The number of nitriles is 1. The molecule has 1 aromatic rings. The van der Waals surface area contributed by atoms with Crippen LogP contribution >= 0.6 is 0 Å². The molecule has 1 atom stereocenters. The van der Waals surface area contributed by atoms with Gasteiger partial charge in [0.25, 0.3) is 0 Å². The Kier molecular flexibility index (Phi) is 3.31. The van der Waals surface area contributed by atoms with Gasteiger partial charge in [-0.25, -0.2) is 0 Å². The highest BCUT2D eigenvalue weighted by Gasteiger charge is 2.07. The van der Waals surface area contributed by atoms with Crippen LogP contribution in [0, 0.1) is 11.3 Å². The molecular formula is C10H12N2. The van der Waals surface area contributed by atoms with Gasteiger partial charge in [-0.1, -0.05) is 30.3 Å².